The first-order chi connectivity index (χ1) is 5.74. The molecule has 1 rings (SSSR count). The highest BCUT2D eigenvalue weighted by atomic mass is 32.2. The van der Waals surface area contributed by atoms with E-state index in [0.29, 0.717) is 16.6 Å². The minimum absolute atomic E-state index is 0.255. The summed E-state index contributed by atoms with van der Waals surface area (Å²) in [7, 11) is 0. The lowest BCUT2D eigenvalue weighted by Gasteiger charge is -1.99. The summed E-state index contributed by atoms with van der Waals surface area (Å²) in [5.41, 5.74) is 11.2. The number of rotatable bonds is 2. The number of anilines is 2. The zero-order chi connectivity index (χ0) is 8.97. The molecule has 0 radical (unpaired) electrons. The predicted molar refractivity (Wildman–Crippen MR) is 47.2 cm³/mol. The van der Waals surface area contributed by atoms with Crippen molar-refractivity contribution in [3.05, 3.63) is 6.20 Å². The normalized spacial score (nSPS) is 9.25. The average Bonchev–Trinajstić information content (AvgIpc) is 2.07. The van der Waals surface area contributed by atoms with E-state index in [0.717, 1.165) is 0 Å². The third-order valence-corrected chi connectivity index (χ3v) is 1.82. The molecule has 0 spiro atoms. The van der Waals surface area contributed by atoms with Crippen LogP contribution in [0.2, 0.25) is 0 Å². The molecule has 62 valence electrons. The standard InChI is InChI=1S/C6H7N5S/c7-1-2-12-6-10-3-4(8)5(9)11-6/h3H,2,8H2,(H2,9,10,11). The van der Waals surface area contributed by atoms with E-state index < -0.39 is 0 Å². The van der Waals surface area contributed by atoms with Gasteiger partial charge in [-0.2, -0.15) is 5.26 Å². The van der Waals surface area contributed by atoms with Crippen molar-refractivity contribution < 1.29 is 0 Å². The fourth-order valence-corrected chi connectivity index (χ4v) is 1.04. The first kappa shape index (κ1) is 8.62. The van der Waals surface area contributed by atoms with Crippen molar-refractivity contribution in [2.45, 2.75) is 5.16 Å². The van der Waals surface area contributed by atoms with Gasteiger partial charge in [0.15, 0.2) is 11.0 Å². The summed E-state index contributed by atoms with van der Waals surface area (Å²) < 4.78 is 0. The minimum atomic E-state index is 0.255. The van der Waals surface area contributed by atoms with Crippen molar-refractivity contribution >= 4 is 23.3 Å². The van der Waals surface area contributed by atoms with E-state index in [4.69, 9.17) is 16.7 Å². The molecule has 1 aromatic rings. The number of nitriles is 1. The van der Waals surface area contributed by atoms with Crippen molar-refractivity contribution in [1.29, 1.82) is 5.26 Å². The molecule has 0 fully saturated rings. The molecule has 6 heteroatoms. The van der Waals surface area contributed by atoms with E-state index in [9.17, 15) is 0 Å². The minimum Gasteiger partial charge on any atom is -0.394 e. The van der Waals surface area contributed by atoms with Crippen LogP contribution >= 0.6 is 11.8 Å². The van der Waals surface area contributed by atoms with Gasteiger partial charge in [0.05, 0.1) is 23.7 Å². The Labute approximate surface area is 73.8 Å². The second kappa shape index (κ2) is 3.78. The third-order valence-electron chi connectivity index (χ3n) is 1.09. The van der Waals surface area contributed by atoms with Crippen LogP contribution in [0.25, 0.3) is 0 Å². The quantitative estimate of drug-likeness (QED) is 0.501. The summed E-state index contributed by atoms with van der Waals surface area (Å²) in [5, 5.41) is 8.74. The number of aromatic nitrogens is 2. The van der Waals surface area contributed by atoms with E-state index in [-0.39, 0.29) is 5.82 Å². The van der Waals surface area contributed by atoms with Crippen molar-refractivity contribution in [1.82, 2.24) is 9.97 Å². The molecule has 0 amide bonds. The molecule has 0 aliphatic rings. The monoisotopic (exact) mass is 181 g/mol. The molecular weight excluding hydrogens is 174 g/mol. The molecule has 0 unspecified atom stereocenters. The van der Waals surface area contributed by atoms with Crippen molar-refractivity contribution in [2.75, 3.05) is 17.2 Å². The number of thioether (sulfide) groups is 1. The number of nitrogens with two attached hydrogens (primary N) is 2. The van der Waals surface area contributed by atoms with Crippen LogP contribution in [0, 0.1) is 11.3 Å². The van der Waals surface area contributed by atoms with Crippen LogP contribution in [0.4, 0.5) is 11.5 Å². The lowest BCUT2D eigenvalue weighted by Crippen LogP contribution is -2.00. The van der Waals surface area contributed by atoms with Gasteiger partial charge < -0.3 is 11.5 Å². The Hall–Kier alpha value is -1.48. The molecule has 0 bridgehead atoms. The molecule has 0 saturated heterocycles. The first-order valence-corrected chi connectivity index (χ1v) is 4.10. The zero-order valence-corrected chi connectivity index (χ0v) is 7.01. The molecule has 0 aliphatic heterocycles. The highest BCUT2D eigenvalue weighted by molar-refractivity contribution is 7.99. The summed E-state index contributed by atoms with van der Waals surface area (Å²) in [6.07, 6.45) is 1.43. The maximum absolute atomic E-state index is 8.27. The van der Waals surface area contributed by atoms with E-state index in [1.54, 1.807) is 0 Å². The van der Waals surface area contributed by atoms with Crippen molar-refractivity contribution in [2.24, 2.45) is 0 Å². The van der Waals surface area contributed by atoms with Gasteiger partial charge in [-0.3, -0.25) is 0 Å². The maximum Gasteiger partial charge on any atom is 0.190 e. The molecule has 0 aromatic carbocycles. The summed E-state index contributed by atoms with van der Waals surface area (Å²) >= 11 is 1.22. The van der Waals surface area contributed by atoms with Gasteiger partial charge >= 0.3 is 0 Å². The highest BCUT2D eigenvalue weighted by Crippen LogP contribution is 2.16. The predicted octanol–water partition coefficient (Wildman–Crippen LogP) is 0.257. The van der Waals surface area contributed by atoms with Gasteiger partial charge in [0.25, 0.3) is 0 Å². The summed E-state index contributed by atoms with van der Waals surface area (Å²) in [6, 6.07) is 1.96. The lowest BCUT2D eigenvalue weighted by atomic mass is 10.5. The smallest absolute Gasteiger partial charge is 0.190 e. The van der Waals surface area contributed by atoms with Gasteiger partial charge in [-0.15, -0.1) is 0 Å². The van der Waals surface area contributed by atoms with Gasteiger partial charge in [0.1, 0.15) is 0 Å². The number of nitrogen functional groups attached to an aromatic ring is 2. The topological polar surface area (TPSA) is 102 Å². The SMILES string of the molecule is N#CCSc1ncc(N)c(N)n1. The molecule has 0 atom stereocenters. The van der Waals surface area contributed by atoms with Gasteiger partial charge in [-0.05, 0) is 0 Å². The Morgan fingerprint density at radius 3 is 2.92 bits per heavy atom. The van der Waals surface area contributed by atoms with Crippen molar-refractivity contribution in [3.8, 4) is 6.07 Å². The van der Waals surface area contributed by atoms with E-state index in [2.05, 4.69) is 9.97 Å². The Morgan fingerprint density at radius 1 is 1.58 bits per heavy atom. The fourth-order valence-electron chi connectivity index (χ4n) is 0.554. The summed E-state index contributed by atoms with van der Waals surface area (Å²) in [6.45, 7) is 0. The Morgan fingerprint density at radius 2 is 2.33 bits per heavy atom. The van der Waals surface area contributed by atoms with Crippen LogP contribution in [0.15, 0.2) is 11.4 Å². The van der Waals surface area contributed by atoms with Gasteiger partial charge in [-0.25, -0.2) is 9.97 Å². The fraction of sp³-hybridized carbons (Fsp3) is 0.167. The van der Waals surface area contributed by atoms with Crippen LogP contribution in [-0.4, -0.2) is 15.7 Å². The lowest BCUT2D eigenvalue weighted by molar-refractivity contribution is 0.982. The highest BCUT2D eigenvalue weighted by Gasteiger charge is 2.00. The summed E-state index contributed by atoms with van der Waals surface area (Å²) in [5.74, 6) is 0.564. The number of nitrogens with zero attached hydrogens (tertiary/aromatic N) is 3. The van der Waals surface area contributed by atoms with E-state index >= 15 is 0 Å². The van der Waals surface area contributed by atoms with Crippen LogP contribution in [0.3, 0.4) is 0 Å². The largest absolute Gasteiger partial charge is 0.394 e. The van der Waals surface area contributed by atoms with Crippen molar-refractivity contribution in [3.63, 3.8) is 0 Å². The molecule has 12 heavy (non-hydrogen) atoms. The second-order valence-electron chi connectivity index (χ2n) is 1.94. The Bertz CT molecular complexity index is 318. The maximum atomic E-state index is 8.27. The molecule has 5 nitrogen and oxygen atoms in total. The van der Waals surface area contributed by atoms with Gasteiger partial charge in [0.2, 0.25) is 0 Å². The van der Waals surface area contributed by atoms with Crippen LogP contribution < -0.4 is 11.5 Å². The molecular formula is C6H7N5S. The number of hydrogen-bond donors (Lipinski definition) is 2. The van der Waals surface area contributed by atoms with Crippen LogP contribution in [0.1, 0.15) is 0 Å². The first-order valence-electron chi connectivity index (χ1n) is 3.12. The molecule has 0 saturated carbocycles. The average molecular weight is 181 g/mol. The molecule has 0 aliphatic carbocycles. The second-order valence-corrected chi connectivity index (χ2v) is 2.88. The summed E-state index contributed by atoms with van der Waals surface area (Å²) in [4.78, 5) is 7.74. The molecule has 4 N–H and O–H groups in total. The third kappa shape index (κ3) is 2.00. The number of hydrogen-bond acceptors (Lipinski definition) is 6. The zero-order valence-electron chi connectivity index (χ0n) is 6.19. The Balaban J connectivity index is 2.77. The van der Waals surface area contributed by atoms with Crippen LogP contribution in [0.5, 0.6) is 0 Å². The molecule has 1 heterocycles. The van der Waals surface area contributed by atoms with Gasteiger partial charge in [0, 0.05) is 0 Å². The van der Waals surface area contributed by atoms with Gasteiger partial charge in [-0.1, -0.05) is 11.8 Å². The van der Waals surface area contributed by atoms with E-state index in [1.807, 2.05) is 6.07 Å². The Kier molecular flexibility index (Phi) is 2.71. The van der Waals surface area contributed by atoms with E-state index in [1.165, 1.54) is 18.0 Å². The molecule has 1 aromatic heterocycles. The van der Waals surface area contributed by atoms with Crippen LogP contribution in [-0.2, 0) is 0 Å².